The van der Waals surface area contributed by atoms with E-state index >= 15 is 0 Å². The minimum atomic E-state index is -0.584. The lowest BCUT2D eigenvalue weighted by Gasteiger charge is -2.11. The number of halogens is 1. The predicted octanol–water partition coefficient (Wildman–Crippen LogP) is 5.05. The highest BCUT2D eigenvalue weighted by molar-refractivity contribution is 5.95. The number of benzene rings is 4. The van der Waals surface area contributed by atoms with Crippen LogP contribution in [0.25, 0.3) is 50.3 Å². The third-order valence-corrected chi connectivity index (χ3v) is 6.97. The molecule has 2 aromatic heterocycles. The van der Waals surface area contributed by atoms with Crippen molar-refractivity contribution >= 4 is 28.0 Å². The molecule has 1 amide bonds. The number of rotatable bonds is 4. The second kappa shape index (κ2) is 8.85. The molecule has 188 valence electrons. The van der Waals surface area contributed by atoms with Crippen LogP contribution in [0, 0.1) is 5.82 Å². The summed E-state index contributed by atoms with van der Waals surface area (Å²) in [4.78, 5) is 29.4. The zero-order valence-electron chi connectivity index (χ0n) is 21.1. The van der Waals surface area contributed by atoms with Crippen LogP contribution in [-0.2, 0) is 14.1 Å². The normalized spacial score (nSPS) is 11.4. The summed E-state index contributed by atoms with van der Waals surface area (Å²) in [5, 5.41) is 2.45. The molecule has 0 bridgehead atoms. The van der Waals surface area contributed by atoms with Crippen LogP contribution in [0.5, 0.6) is 0 Å². The van der Waals surface area contributed by atoms with E-state index in [2.05, 4.69) is 9.88 Å². The van der Waals surface area contributed by atoms with E-state index < -0.39 is 11.7 Å². The van der Waals surface area contributed by atoms with Gasteiger partial charge in [0.25, 0.3) is 5.91 Å². The first-order chi connectivity index (χ1) is 18.4. The van der Waals surface area contributed by atoms with Crippen molar-refractivity contribution in [2.24, 2.45) is 14.1 Å². The Morgan fingerprint density at radius 2 is 1.47 bits per heavy atom. The Balaban J connectivity index is 1.56. The summed E-state index contributed by atoms with van der Waals surface area (Å²) >= 11 is 0. The minimum absolute atomic E-state index is 0.00123. The van der Waals surface area contributed by atoms with E-state index in [0.717, 1.165) is 44.7 Å². The highest BCUT2D eigenvalue weighted by atomic mass is 19.1. The molecule has 7 nitrogen and oxygen atoms in total. The van der Waals surface area contributed by atoms with E-state index in [-0.39, 0.29) is 11.3 Å². The van der Waals surface area contributed by atoms with Crippen molar-refractivity contribution in [3.05, 3.63) is 107 Å². The number of imidazole rings is 2. The summed E-state index contributed by atoms with van der Waals surface area (Å²) in [6.45, 7) is 0. The summed E-state index contributed by atoms with van der Waals surface area (Å²) in [5.41, 5.74) is 6.42. The van der Waals surface area contributed by atoms with Crippen molar-refractivity contribution in [3.8, 4) is 28.2 Å². The average Bonchev–Trinajstić information content (AvgIpc) is 3.43. The van der Waals surface area contributed by atoms with Crippen LogP contribution in [-0.4, -0.2) is 31.6 Å². The molecular weight excluding hydrogens is 481 g/mol. The lowest BCUT2D eigenvalue weighted by Crippen LogP contribution is -2.19. The molecule has 8 heteroatoms. The molecule has 0 atom stereocenters. The molecule has 0 radical (unpaired) electrons. The van der Waals surface area contributed by atoms with Crippen molar-refractivity contribution in [1.82, 2.24) is 24.0 Å². The van der Waals surface area contributed by atoms with Crippen molar-refractivity contribution in [2.45, 2.75) is 0 Å². The number of aryl methyl sites for hydroxylation is 2. The molecule has 0 unspecified atom stereocenters. The third-order valence-electron chi connectivity index (χ3n) is 6.97. The van der Waals surface area contributed by atoms with Gasteiger partial charge >= 0.3 is 5.69 Å². The maximum atomic E-state index is 14.7. The average molecular weight is 506 g/mol. The number of hydrogen-bond donors (Lipinski definition) is 1. The number of carbonyl (C=O) groups excluding carboxylic acids is 1. The summed E-state index contributed by atoms with van der Waals surface area (Å²) in [7, 11) is 5.00. The maximum absolute atomic E-state index is 14.7. The number of amides is 1. The maximum Gasteiger partial charge on any atom is 0.328 e. The Morgan fingerprint density at radius 3 is 2.21 bits per heavy atom. The van der Waals surface area contributed by atoms with Crippen LogP contribution in [0.3, 0.4) is 0 Å². The van der Waals surface area contributed by atoms with E-state index in [9.17, 15) is 14.0 Å². The Hall–Kier alpha value is -4.98. The first-order valence-electron chi connectivity index (χ1n) is 12.1. The van der Waals surface area contributed by atoms with Gasteiger partial charge in [-0.25, -0.2) is 14.2 Å². The van der Waals surface area contributed by atoms with Gasteiger partial charge in [0.05, 0.1) is 27.6 Å². The molecule has 6 aromatic rings. The van der Waals surface area contributed by atoms with Crippen molar-refractivity contribution < 1.29 is 9.18 Å². The molecule has 1 N–H and O–H groups in total. The summed E-state index contributed by atoms with van der Waals surface area (Å²) in [6.07, 6.45) is 0. The van der Waals surface area contributed by atoms with Gasteiger partial charge in [0.1, 0.15) is 11.6 Å². The Labute approximate surface area is 217 Å². The Morgan fingerprint density at radius 1 is 0.789 bits per heavy atom. The van der Waals surface area contributed by atoms with Gasteiger partial charge in [-0.3, -0.25) is 18.5 Å². The largest absolute Gasteiger partial charge is 0.355 e. The van der Waals surface area contributed by atoms with Crippen molar-refractivity contribution in [2.75, 3.05) is 7.05 Å². The topological polar surface area (TPSA) is 73.8 Å². The molecule has 0 saturated carbocycles. The van der Waals surface area contributed by atoms with Crippen LogP contribution >= 0.6 is 0 Å². The van der Waals surface area contributed by atoms with Crippen LogP contribution in [0.4, 0.5) is 4.39 Å². The van der Waals surface area contributed by atoms with Gasteiger partial charge in [-0.15, -0.1) is 0 Å². The highest BCUT2D eigenvalue weighted by Crippen LogP contribution is 2.33. The number of aromatic nitrogens is 4. The van der Waals surface area contributed by atoms with Gasteiger partial charge in [0, 0.05) is 32.4 Å². The summed E-state index contributed by atoms with van der Waals surface area (Å²) in [6, 6.07) is 26.2. The summed E-state index contributed by atoms with van der Waals surface area (Å²) in [5.74, 6) is -0.304. The molecular formula is C30H24FN5O2. The molecule has 0 aliphatic heterocycles. The lowest BCUT2D eigenvalue weighted by atomic mass is 10.0. The van der Waals surface area contributed by atoms with Crippen molar-refractivity contribution in [3.63, 3.8) is 0 Å². The van der Waals surface area contributed by atoms with E-state index in [1.165, 1.54) is 19.2 Å². The molecule has 0 saturated heterocycles. The number of nitrogens with one attached hydrogen (secondary N) is 1. The zero-order chi connectivity index (χ0) is 26.6. The number of hydrogen-bond acceptors (Lipinski definition) is 3. The van der Waals surface area contributed by atoms with Gasteiger partial charge in [-0.1, -0.05) is 42.5 Å². The first kappa shape index (κ1) is 23.4. The van der Waals surface area contributed by atoms with Crippen molar-refractivity contribution in [1.29, 1.82) is 0 Å². The molecule has 2 heterocycles. The molecule has 4 aromatic carbocycles. The number of carbonyl (C=O) groups is 1. The van der Waals surface area contributed by atoms with Crippen LogP contribution in [0.1, 0.15) is 10.4 Å². The fourth-order valence-electron chi connectivity index (χ4n) is 4.95. The molecule has 0 aliphatic carbocycles. The predicted molar refractivity (Wildman–Crippen MR) is 147 cm³/mol. The second-order valence-electron chi connectivity index (χ2n) is 9.19. The van der Waals surface area contributed by atoms with Gasteiger partial charge in [-0.2, -0.15) is 0 Å². The Bertz CT molecular complexity index is 1930. The first-order valence-corrected chi connectivity index (χ1v) is 12.1. The fourth-order valence-corrected chi connectivity index (χ4v) is 4.95. The second-order valence-corrected chi connectivity index (χ2v) is 9.19. The van der Waals surface area contributed by atoms with Crippen LogP contribution < -0.4 is 11.0 Å². The van der Waals surface area contributed by atoms with E-state index in [0.29, 0.717) is 5.56 Å². The number of nitrogens with zero attached hydrogens (tertiary/aromatic N) is 4. The van der Waals surface area contributed by atoms with Crippen LogP contribution in [0.2, 0.25) is 0 Å². The number of fused-ring (bicyclic) bond motifs is 2. The fraction of sp³-hybridized carbons (Fsp3) is 0.100. The van der Waals surface area contributed by atoms with Gasteiger partial charge in [0.2, 0.25) is 0 Å². The minimum Gasteiger partial charge on any atom is -0.355 e. The van der Waals surface area contributed by atoms with Gasteiger partial charge in [0.15, 0.2) is 0 Å². The SMILES string of the molecule is CNC(=O)c1ccc(-c2ccc3c(c2)nc(-c2ccccc2)n3-c2ccc3c(c2)n(C)c(=O)n3C)cc1F. The lowest BCUT2D eigenvalue weighted by molar-refractivity contribution is 0.0959. The summed E-state index contributed by atoms with van der Waals surface area (Å²) < 4.78 is 20.0. The van der Waals surface area contributed by atoms with Crippen LogP contribution in [0.15, 0.2) is 89.7 Å². The smallest absolute Gasteiger partial charge is 0.328 e. The zero-order valence-corrected chi connectivity index (χ0v) is 21.1. The molecule has 0 spiro atoms. The van der Waals surface area contributed by atoms with E-state index in [4.69, 9.17) is 4.98 Å². The molecule has 6 rings (SSSR count). The monoisotopic (exact) mass is 505 g/mol. The van der Waals surface area contributed by atoms with Gasteiger partial charge in [-0.05, 0) is 53.6 Å². The molecule has 0 aliphatic rings. The molecule has 0 fully saturated rings. The van der Waals surface area contributed by atoms with E-state index in [1.54, 1.807) is 29.3 Å². The quantitative estimate of drug-likeness (QED) is 0.365. The molecule has 38 heavy (non-hydrogen) atoms. The van der Waals surface area contributed by atoms with E-state index in [1.807, 2.05) is 66.7 Å². The highest BCUT2D eigenvalue weighted by Gasteiger charge is 2.18. The van der Waals surface area contributed by atoms with Gasteiger partial charge < -0.3 is 5.32 Å². The Kier molecular flexibility index (Phi) is 5.45. The third kappa shape index (κ3) is 3.61. The standard InChI is InChI=1S/C30H24FN5O2/c1-32-29(37)22-12-9-19(15-23(22)31)20-10-13-25-24(16-20)33-28(18-7-5-4-6-8-18)36(25)21-11-14-26-27(17-21)35(3)30(38)34(26)2/h4-17H,1-3H3,(H,32,37).